The van der Waals surface area contributed by atoms with Gasteiger partial charge in [-0.1, -0.05) is 49.6 Å². The van der Waals surface area contributed by atoms with Crippen molar-refractivity contribution in [3.8, 4) is 11.1 Å². The molecule has 0 atom stereocenters. The van der Waals surface area contributed by atoms with Gasteiger partial charge in [-0.15, -0.1) is 0 Å². The van der Waals surface area contributed by atoms with E-state index in [1.807, 2.05) is 42.6 Å². The molecule has 0 spiro atoms. The summed E-state index contributed by atoms with van der Waals surface area (Å²) in [6.45, 7) is 8.05. The van der Waals surface area contributed by atoms with Crippen LogP contribution in [0.15, 0.2) is 92.1 Å². The van der Waals surface area contributed by atoms with Crippen LogP contribution in [0.3, 0.4) is 0 Å². The highest BCUT2D eigenvalue weighted by Crippen LogP contribution is 2.27. The van der Waals surface area contributed by atoms with Gasteiger partial charge in [0.2, 0.25) is 11.9 Å². The molecule has 0 radical (unpaired) electrons. The van der Waals surface area contributed by atoms with Crippen molar-refractivity contribution in [1.29, 1.82) is 0 Å². The Bertz CT molecular complexity index is 1190. The van der Waals surface area contributed by atoms with Gasteiger partial charge >= 0.3 is 0 Å². The molecule has 1 aromatic carbocycles. The van der Waals surface area contributed by atoms with Crippen LogP contribution in [0, 0.1) is 0 Å². The molecule has 0 aliphatic carbocycles. The number of H-pyrrole nitrogens is 1. The molecule has 4 aromatic rings. The first-order valence-electron chi connectivity index (χ1n) is 9.43. The number of fused-ring (bicyclic) bond motifs is 1. The Kier molecular flexibility index (Phi) is 5.61. The smallest absolute Gasteiger partial charge is 0.229 e. The first-order chi connectivity index (χ1) is 14.8. The second-order valence-electron chi connectivity index (χ2n) is 6.48. The molecule has 3 heterocycles. The molecule has 7 nitrogen and oxygen atoms in total. The highest BCUT2D eigenvalue weighted by atomic mass is 15.1. The quantitative estimate of drug-likeness (QED) is 0.369. The molecule has 0 aliphatic rings. The molecule has 0 bridgehead atoms. The van der Waals surface area contributed by atoms with E-state index in [4.69, 9.17) is 0 Å². The lowest BCUT2D eigenvalue weighted by atomic mass is 10.1. The van der Waals surface area contributed by atoms with Crippen molar-refractivity contribution in [3.05, 3.63) is 92.1 Å². The third-order valence-electron chi connectivity index (χ3n) is 4.47. The van der Waals surface area contributed by atoms with E-state index < -0.39 is 0 Å². The minimum absolute atomic E-state index is 0.531. The number of benzene rings is 1. The molecule has 30 heavy (non-hydrogen) atoms. The van der Waals surface area contributed by atoms with Gasteiger partial charge in [0.1, 0.15) is 5.65 Å². The second-order valence-corrected chi connectivity index (χ2v) is 6.48. The van der Waals surface area contributed by atoms with Gasteiger partial charge in [-0.2, -0.15) is 4.98 Å². The van der Waals surface area contributed by atoms with Crippen molar-refractivity contribution in [3.63, 3.8) is 0 Å². The molecule has 0 saturated heterocycles. The first kappa shape index (κ1) is 19.1. The molecular weight excluding hydrogens is 374 g/mol. The van der Waals surface area contributed by atoms with E-state index in [1.54, 1.807) is 30.7 Å². The lowest BCUT2D eigenvalue weighted by Gasteiger charge is -2.06. The van der Waals surface area contributed by atoms with Gasteiger partial charge in [0, 0.05) is 53.5 Å². The van der Waals surface area contributed by atoms with Crippen LogP contribution in [0.4, 0.5) is 17.6 Å². The number of hydrogen-bond acceptors (Lipinski definition) is 6. The lowest BCUT2D eigenvalue weighted by molar-refractivity contribution is 1.11. The predicted octanol–water partition coefficient (Wildman–Crippen LogP) is 4.87. The van der Waals surface area contributed by atoms with Gasteiger partial charge in [0.25, 0.3) is 0 Å². The number of aromatic nitrogens is 5. The number of nitrogens with one attached hydrogen (secondary N) is 3. The Morgan fingerprint density at radius 1 is 1.00 bits per heavy atom. The fourth-order valence-corrected chi connectivity index (χ4v) is 2.95. The predicted molar refractivity (Wildman–Crippen MR) is 122 cm³/mol. The first-order valence-corrected chi connectivity index (χ1v) is 9.43. The summed E-state index contributed by atoms with van der Waals surface area (Å²) in [4.78, 5) is 21.0. The Labute approximate surface area is 174 Å². The van der Waals surface area contributed by atoms with Crippen molar-refractivity contribution in [2.45, 2.75) is 0 Å². The second kappa shape index (κ2) is 8.83. The number of para-hydroxylation sites is 1. The number of aromatic amines is 1. The third kappa shape index (κ3) is 4.25. The van der Waals surface area contributed by atoms with E-state index in [-0.39, 0.29) is 0 Å². The maximum atomic E-state index is 4.56. The van der Waals surface area contributed by atoms with Crippen LogP contribution in [0.2, 0.25) is 0 Å². The van der Waals surface area contributed by atoms with Crippen LogP contribution in [-0.4, -0.2) is 31.5 Å². The molecule has 4 rings (SSSR count). The van der Waals surface area contributed by atoms with E-state index in [9.17, 15) is 0 Å². The Morgan fingerprint density at radius 2 is 1.77 bits per heavy atom. The summed E-state index contributed by atoms with van der Waals surface area (Å²) in [7, 11) is 0. The molecule has 0 fully saturated rings. The van der Waals surface area contributed by atoms with Crippen LogP contribution in [0.1, 0.15) is 0 Å². The average molecular weight is 395 g/mol. The van der Waals surface area contributed by atoms with E-state index in [2.05, 4.69) is 48.7 Å². The zero-order valence-electron chi connectivity index (χ0n) is 16.3. The van der Waals surface area contributed by atoms with Gasteiger partial charge in [-0.05, 0) is 17.7 Å². The number of rotatable bonds is 8. The van der Waals surface area contributed by atoms with E-state index in [1.165, 1.54) is 0 Å². The van der Waals surface area contributed by atoms with Crippen molar-refractivity contribution in [1.82, 2.24) is 24.9 Å². The van der Waals surface area contributed by atoms with E-state index >= 15 is 0 Å². The lowest BCUT2D eigenvalue weighted by Crippen LogP contribution is -2.06. The summed E-state index contributed by atoms with van der Waals surface area (Å²) in [6, 6.07) is 9.81. The van der Waals surface area contributed by atoms with Crippen LogP contribution in [0.25, 0.3) is 22.2 Å². The SMILES string of the molecule is C=C/C=C(\C=C)CNc1ncc(-c2c[nH]c3nc(Nc4ccccc4)ncc23)cn1. The monoisotopic (exact) mass is 395 g/mol. The van der Waals surface area contributed by atoms with Crippen molar-refractivity contribution >= 4 is 28.6 Å². The highest BCUT2D eigenvalue weighted by Gasteiger charge is 2.10. The summed E-state index contributed by atoms with van der Waals surface area (Å²) < 4.78 is 0. The number of allylic oxidation sites excluding steroid dienone is 2. The fraction of sp³-hybridized carbons (Fsp3) is 0.0435. The topological polar surface area (TPSA) is 91.4 Å². The van der Waals surface area contributed by atoms with Crippen molar-refractivity contribution in [2.24, 2.45) is 0 Å². The zero-order valence-corrected chi connectivity index (χ0v) is 16.3. The standard InChI is InChI=1S/C23H21N7/c1-3-8-16(4-2)11-25-22-26-12-17(13-27-22)19-14-24-21-20(19)15-28-23(30-21)29-18-9-6-5-7-10-18/h3-10,12-15H,1-2,11H2,(H,25,26,27)(H2,24,28,29,30)/b16-8+. The summed E-state index contributed by atoms with van der Waals surface area (Å²) in [5, 5.41) is 7.27. The van der Waals surface area contributed by atoms with Gasteiger partial charge in [0.15, 0.2) is 0 Å². The van der Waals surface area contributed by atoms with Gasteiger partial charge in [-0.3, -0.25) is 0 Å². The van der Waals surface area contributed by atoms with E-state index in [0.29, 0.717) is 18.4 Å². The molecule has 0 aliphatic heterocycles. The Balaban J connectivity index is 1.51. The fourth-order valence-electron chi connectivity index (χ4n) is 2.95. The van der Waals surface area contributed by atoms with Crippen molar-refractivity contribution < 1.29 is 0 Å². The molecular formula is C23H21N7. The third-order valence-corrected chi connectivity index (χ3v) is 4.47. The molecule has 0 saturated carbocycles. The van der Waals surface area contributed by atoms with Crippen LogP contribution >= 0.6 is 0 Å². The Morgan fingerprint density at radius 3 is 2.50 bits per heavy atom. The summed E-state index contributed by atoms with van der Waals surface area (Å²) >= 11 is 0. The number of anilines is 3. The summed E-state index contributed by atoms with van der Waals surface area (Å²) in [5.74, 6) is 1.07. The van der Waals surface area contributed by atoms with Gasteiger partial charge in [0.05, 0.1) is 0 Å². The normalized spacial score (nSPS) is 11.3. The highest BCUT2D eigenvalue weighted by molar-refractivity contribution is 5.93. The number of hydrogen-bond donors (Lipinski definition) is 3. The van der Waals surface area contributed by atoms with E-state index in [0.717, 1.165) is 33.4 Å². The van der Waals surface area contributed by atoms with Crippen LogP contribution < -0.4 is 10.6 Å². The number of nitrogens with zero attached hydrogens (tertiary/aromatic N) is 4. The average Bonchev–Trinajstić information content (AvgIpc) is 3.21. The minimum Gasteiger partial charge on any atom is -0.350 e. The Hall–Kier alpha value is -4.26. The summed E-state index contributed by atoms with van der Waals surface area (Å²) in [6.07, 6.45) is 12.6. The minimum atomic E-state index is 0.531. The largest absolute Gasteiger partial charge is 0.350 e. The van der Waals surface area contributed by atoms with Crippen LogP contribution in [0.5, 0.6) is 0 Å². The summed E-state index contributed by atoms with van der Waals surface area (Å²) in [5.41, 5.74) is 4.51. The molecule has 3 aromatic heterocycles. The molecule has 0 unspecified atom stereocenters. The molecule has 148 valence electrons. The van der Waals surface area contributed by atoms with Crippen LogP contribution in [-0.2, 0) is 0 Å². The van der Waals surface area contributed by atoms with Crippen molar-refractivity contribution in [2.75, 3.05) is 17.2 Å². The maximum absolute atomic E-state index is 4.56. The van der Waals surface area contributed by atoms with Gasteiger partial charge in [-0.25, -0.2) is 15.0 Å². The molecule has 7 heteroatoms. The molecule has 0 amide bonds. The maximum Gasteiger partial charge on any atom is 0.229 e. The zero-order chi connectivity index (χ0) is 20.8. The molecule has 3 N–H and O–H groups in total. The van der Waals surface area contributed by atoms with Gasteiger partial charge < -0.3 is 15.6 Å².